The van der Waals surface area contributed by atoms with Crippen molar-refractivity contribution in [2.45, 2.75) is 13.2 Å². The van der Waals surface area contributed by atoms with Crippen LogP contribution in [0.1, 0.15) is 6.92 Å². The molecule has 4 nitrogen and oxygen atoms in total. The molecule has 0 aromatic rings. The van der Waals surface area contributed by atoms with Gasteiger partial charge in [-0.05, 0) is 6.92 Å². The predicted molar refractivity (Wildman–Crippen MR) is 46.9 cm³/mol. The standard InChI is InChI=1S/C8H18N2O2/c1-8(12-7-11-2)10-5-3-9-4-6-10/h8-9H,3-7H2,1-2H3. The number of ether oxygens (including phenoxy) is 2. The Morgan fingerprint density at radius 3 is 2.67 bits per heavy atom. The van der Waals surface area contributed by atoms with E-state index in [1.54, 1.807) is 7.11 Å². The predicted octanol–water partition coefficient (Wildman–Crippen LogP) is -0.142. The lowest BCUT2D eigenvalue weighted by Crippen LogP contribution is -2.48. The second-order valence-electron chi connectivity index (χ2n) is 2.96. The summed E-state index contributed by atoms with van der Waals surface area (Å²) in [5, 5.41) is 3.30. The van der Waals surface area contributed by atoms with E-state index >= 15 is 0 Å². The van der Waals surface area contributed by atoms with Crippen molar-refractivity contribution in [3.05, 3.63) is 0 Å². The summed E-state index contributed by atoms with van der Waals surface area (Å²) < 4.78 is 10.2. The van der Waals surface area contributed by atoms with E-state index in [-0.39, 0.29) is 6.23 Å². The van der Waals surface area contributed by atoms with E-state index in [1.165, 1.54) is 0 Å². The van der Waals surface area contributed by atoms with Crippen LogP contribution in [0.15, 0.2) is 0 Å². The summed E-state index contributed by atoms with van der Waals surface area (Å²) in [5.74, 6) is 0. The second-order valence-corrected chi connectivity index (χ2v) is 2.96. The molecule has 1 aliphatic heterocycles. The van der Waals surface area contributed by atoms with Gasteiger partial charge in [0, 0.05) is 33.3 Å². The van der Waals surface area contributed by atoms with Crippen LogP contribution in [-0.4, -0.2) is 51.2 Å². The van der Waals surface area contributed by atoms with Gasteiger partial charge in [0.25, 0.3) is 0 Å². The van der Waals surface area contributed by atoms with Gasteiger partial charge in [-0.2, -0.15) is 0 Å². The first kappa shape index (κ1) is 9.92. The van der Waals surface area contributed by atoms with Gasteiger partial charge >= 0.3 is 0 Å². The molecule has 1 heterocycles. The first-order valence-corrected chi connectivity index (χ1v) is 4.40. The Hall–Kier alpha value is -0.160. The maximum absolute atomic E-state index is 5.41. The summed E-state index contributed by atoms with van der Waals surface area (Å²) in [6.45, 7) is 6.67. The lowest BCUT2D eigenvalue weighted by molar-refractivity contribution is -0.125. The second kappa shape index (κ2) is 5.48. The summed E-state index contributed by atoms with van der Waals surface area (Å²) in [5.41, 5.74) is 0. The molecule has 0 bridgehead atoms. The molecule has 0 radical (unpaired) electrons. The van der Waals surface area contributed by atoms with E-state index in [9.17, 15) is 0 Å². The van der Waals surface area contributed by atoms with Crippen LogP contribution in [0.25, 0.3) is 0 Å². The summed E-state index contributed by atoms with van der Waals surface area (Å²) in [4.78, 5) is 2.30. The maximum Gasteiger partial charge on any atom is 0.148 e. The van der Waals surface area contributed by atoms with Crippen molar-refractivity contribution in [3.63, 3.8) is 0 Å². The molecular formula is C8H18N2O2. The number of rotatable bonds is 4. The fraction of sp³-hybridized carbons (Fsp3) is 1.00. The number of nitrogens with zero attached hydrogens (tertiary/aromatic N) is 1. The van der Waals surface area contributed by atoms with Crippen molar-refractivity contribution in [1.82, 2.24) is 10.2 Å². The van der Waals surface area contributed by atoms with Crippen LogP contribution in [0.5, 0.6) is 0 Å². The summed E-state index contributed by atoms with van der Waals surface area (Å²) in [6.07, 6.45) is 0.173. The van der Waals surface area contributed by atoms with Crippen LogP contribution in [0, 0.1) is 0 Å². The molecule has 0 spiro atoms. The van der Waals surface area contributed by atoms with Gasteiger partial charge in [-0.25, -0.2) is 0 Å². The van der Waals surface area contributed by atoms with Crippen molar-refractivity contribution in [2.24, 2.45) is 0 Å². The monoisotopic (exact) mass is 174 g/mol. The van der Waals surface area contributed by atoms with Gasteiger partial charge in [0.05, 0.1) is 0 Å². The van der Waals surface area contributed by atoms with Crippen molar-refractivity contribution in [1.29, 1.82) is 0 Å². The highest BCUT2D eigenvalue weighted by molar-refractivity contribution is 4.68. The molecule has 0 aromatic carbocycles. The van der Waals surface area contributed by atoms with Gasteiger partial charge in [-0.3, -0.25) is 4.90 Å². The maximum atomic E-state index is 5.41. The Balaban J connectivity index is 2.15. The lowest BCUT2D eigenvalue weighted by Gasteiger charge is -2.32. The molecule has 1 N–H and O–H groups in total. The lowest BCUT2D eigenvalue weighted by atomic mass is 10.3. The molecule has 1 rings (SSSR count). The van der Waals surface area contributed by atoms with Gasteiger partial charge < -0.3 is 14.8 Å². The number of piperazine rings is 1. The number of methoxy groups -OCH3 is 1. The molecular weight excluding hydrogens is 156 g/mol. The minimum atomic E-state index is 0.173. The van der Waals surface area contributed by atoms with Crippen LogP contribution >= 0.6 is 0 Å². The van der Waals surface area contributed by atoms with Gasteiger partial charge in [0.15, 0.2) is 0 Å². The number of hydrogen-bond donors (Lipinski definition) is 1. The molecule has 0 aromatic heterocycles. The molecule has 0 saturated carbocycles. The fourth-order valence-electron chi connectivity index (χ4n) is 1.32. The van der Waals surface area contributed by atoms with E-state index < -0.39 is 0 Å². The highest BCUT2D eigenvalue weighted by atomic mass is 16.7. The molecule has 72 valence electrons. The van der Waals surface area contributed by atoms with Gasteiger partial charge in [0.2, 0.25) is 0 Å². The third-order valence-corrected chi connectivity index (χ3v) is 2.09. The van der Waals surface area contributed by atoms with E-state index in [2.05, 4.69) is 17.1 Å². The summed E-state index contributed by atoms with van der Waals surface area (Å²) in [6, 6.07) is 0. The SMILES string of the molecule is COCOC(C)N1CCNCC1. The fourth-order valence-corrected chi connectivity index (χ4v) is 1.32. The summed E-state index contributed by atoms with van der Waals surface area (Å²) >= 11 is 0. The van der Waals surface area contributed by atoms with E-state index in [0.717, 1.165) is 26.2 Å². The molecule has 12 heavy (non-hydrogen) atoms. The third-order valence-electron chi connectivity index (χ3n) is 2.09. The Kier molecular flexibility index (Phi) is 4.53. The zero-order valence-electron chi connectivity index (χ0n) is 7.88. The number of hydrogen-bond acceptors (Lipinski definition) is 4. The van der Waals surface area contributed by atoms with Crippen LogP contribution in [0.2, 0.25) is 0 Å². The highest BCUT2D eigenvalue weighted by Gasteiger charge is 2.15. The van der Waals surface area contributed by atoms with Gasteiger partial charge in [-0.15, -0.1) is 0 Å². The van der Waals surface area contributed by atoms with Crippen molar-refractivity contribution >= 4 is 0 Å². The van der Waals surface area contributed by atoms with Crippen LogP contribution < -0.4 is 5.32 Å². The van der Waals surface area contributed by atoms with Gasteiger partial charge in [0.1, 0.15) is 13.0 Å². The van der Waals surface area contributed by atoms with E-state index in [1.807, 2.05) is 0 Å². The molecule has 4 heteroatoms. The summed E-state index contributed by atoms with van der Waals surface area (Å²) in [7, 11) is 1.64. The average molecular weight is 174 g/mol. The van der Waals surface area contributed by atoms with Crippen molar-refractivity contribution < 1.29 is 9.47 Å². The Labute approximate surface area is 73.8 Å². The minimum absolute atomic E-state index is 0.173. The third kappa shape index (κ3) is 3.06. The van der Waals surface area contributed by atoms with Gasteiger partial charge in [-0.1, -0.05) is 0 Å². The van der Waals surface area contributed by atoms with E-state index in [4.69, 9.17) is 9.47 Å². The van der Waals surface area contributed by atoms with Crippen LogP contribution in [-0.2, 0) is 9.47 Å². The van der Waals surface area contributed by atoms with Crippen LogP contribution in [0.3, 0.4) is 0 Å². The van der Waals surface area contributed by atoms with Crippen molar-refractivity contribution in [2.75, 3.05) is 40.1 Å². The largest absolute Gasteiger partial charge is 0.359 e. The van der Waals surface area contributed by atoms with E-state index in [0.29, 0.717) is 6.79 Å². The zero-order valence-corrected chi connectivity index (χ0v) is 7.88. The molecule has 1 atom stereocenters. The minimum Gasteiger partial charge on any atom is -0.359 e. The first-order valence-electron chi connectivity index (χ1n) is 4.40. The Bertz CT molecular complexity index is 116. The normalized spacial score (nSPS) is 22.5. The first-order chi connectivity index (χ1) is 5.84. The highest BCUT2D eigenvalue weighted by Crippen LogP contribution is 2.01. The molecule has 0 amide bonds. The number of nitrogens with one attached hydrogen (secondary N) is 1. The quantitative estimate of drug-likeness (QED) is 0.601. The van der Waals surface area contributed by atoms with Crippen molar-refractivity contribution in [3.8, 4) is 0 Å². The topological polar surface area (TPSA) is 33.7 Å². The zero-order chi connectivity index (χ0) is 8.81. The molecule has 0 aliphatic carbocycles. The molecule has 1 aliphatic rings. The Morgan fingerprint density at radius 1 is 1.42 bits per heavy atom. The molecule has 1 unspecified atom stereocenters. The molecule has 1 saturated heterocycles. The van der Waals surface area contributed by atoms with Crippen LogP contribution in [0.4, 0.5) is 0 Å². The molecule has 1 fully saturated rings. The smallest absolute Gasteiger partial charge is 0.148 e. The Morgan fingerprint density at radius 2 is 2.08 bits per heavy atom. The average Bonchev–Trinajstić information content (AvgIpc) is 2.15.